The summed E-state index contributed by atoms with van der Waals surface area (Å²) in [5.41, 5.74) is 1.25. The summed E-state index contributed by atoms with van der Waals surface area (Å²) in [7, 11) is -3.94. The first-order chi connectivity index (χ1) is 15.1. The fourth-order valence-electron chi connectivity index (χ4n) is 3.28. The Balaban J connectivity index is 1.73. The molecule has 2 aliphatic heterocycles. The monoisotopic (exact) mass is 509 g/mol. The average molecular weight is 510 g/mol. The number of hydrogen-bond donors (Lipinski definition) is 0. The minimum atomic E-state index is -2.04. The van der Waals surface area contributed by atoms with E-state index in [0.29, 0.717) is 11.8 Å². The Morgan fingerprint density at radius 3 is 2.12 bits per heavy atom. The van der Waals surface area contributed by atoms with Crippen LogP contribution >= 0.6 is 11.8 Å². The van der Waals surface area contributed by atoms with Gasteiger partial charge in [-0.2, -0.15) is 0 Å². The second-order valence-corrected chi connectivity index (χ2v) is 22.7. The Morgan fingerprint density at radius 1 is 0.939 bits per heavy atom. The third-order valence-electron chi connectivity index (χ3n) is 7.61. The van der Waals surface area contributed by atoms with Crippen LogP contribution in [-0.2, 0) is 24.1 Å². The van der Waals surface area contributed by atoms with E-state index in [1.807, 2.05) is 6.07 Å². The summed E-state index contributed by atoms with van der Waals surface area (Å²) < 4.78 is 26.2. The molecule has 0 aliphatic carbocycles. The van der Waals surface area contributed by atoms with Crippen molar-refractivity contribution in [2.75, 3.05) is 6.61 Å². The largest absolute Gasteiger partial charge is 0.462 e. The molecule has 3 rings (SSSR count). The molecular formula is C25H43NO4SSi2. The molecule has 0 radical (unpaired) electrons. The van der Waals surface area contributed by atoms with Crippen LogP contribution in [0.2, 0.25) is 36.3 Å². The first-order valence-electron chi connectivity index (χ1n) is 12.0. The van der Waals surface area contributed by atoms with Crippen molar-refractivity contribution in [2.24, 2.45) is 4.99 Å². The number of aliphatic imine (C=N–C) groups is 1. The van der Waals surface area contributed by atoms with Gasteiger partial charge in [0.15, 0.2) is 29.0 Å². The van der Waals surface area contributed by atoms with Crippen molar-refractivity contribution in [1.29, 1.82) is 0 Å². The van der Waals surface area contributed by atoms with Crippen LogP contribution in [0.4, 0.5) is 0 Å². The molecule has 2 heterocycles. The summed E-state index contributed by atoms with van der Waals surface area (Å²) in [6.45, 7) is 23.2. The molecule has 1 aromatic rings. The number of rotatable bonds is 7. The van der Waals surface area contributed by atoms with Crippen molar-refractivity contribution in [3.05, 3.63) is 35.9 Å². The molecule has 186 valence electrons. The summed E-state index contributed by atoms with van der Waals surface area (Å²) in [5.74, 6) is 0.824. The van der Waals surface area contributed by atoms with E-state index >= 15 is 0 Å². The SMILES string of the molecule is CC(C)(C)[Si](C)(C)OC[C@@H]1O[C@@H]2N=C(SCc3ccccc3)O[C@@H]2[C@H]1O[Si](C)(C)C(C)(C)C. The minimum Gasteiger partial charge on any atom is -0.462 e. The molecule has 0 saturated carbocycles. The molecule has 1 fully saturated rings. The number of ether oxygens (including phenoxy) is 2. The molecule has 2 aliphatic rings. The molecule has 0 N–H and O–H groups in total. The molecule has 1 aromatic carbocycles. The van der Waals surface area contributed by atoms with E-state index in [1.54, 1.807) is 11.8 Å². The van der Waals surface area contributed by atoms with E-state index in [-0.39, 0.29) is 34.6 Å². The van der Waals surface area contributed by atoms with Gasteiger partial charge in [-0.3, -0.25) is 0 Å². The van der Waals surface area contributed by atoms with Gasteiger partial charge in [0.1, 0.15) is 12.2 Å². The highest BCUT2D eigenvalue weighted by molar-refractivity contribution is 8.12. The Morgan fingerprint density at radius 2 is 1.55 bits per heavy atom. The van der Waals surface area contributed by atoms with Crippen molar-refractivity contribution in [2.45, 2.75) is 108 Å². The molecular weight excluding hydrogens is 467 g/mol. The lowest BCUT2D eigenvalue weighted by atomic mass is 10.1. The van der Waals surface area contributed by atoms with Crippen LogP contribution in [0.1, 0.15) is 47.1 Å². The average Bonchev–Trinajstić information content (AvgIpc) is 3.22. The summed E-state index contributed by atoms with van der Waals surface area (Å²) in [6.07, 6.45) is -0.900. The van der Waals surface area contributed by atoms with E-state index in [9.17, 15) is 0 Å². The lowest BCUT2D eigenvalue weighted by Gasteiger charge is -2.41. The topological polar surface area (TPSA) is 49.3 Å². The molecule has 33 heavy (non-hydrogen) atoms. The predicted octanol–water partition coefficient (Wildman–Crippen LogP) is 6.81. The Kier molecular flexibility index (Phi) is 7.99. The van der Waals surface area contributed by atoms with Crippen molar-refractivity contribution in [3.8, 4) is 0 Å². The van der Waals surface area contributed by atoms with Crippen LogP contribution in [0.3, 0.4) is 0 Å². The van der Waals surface area contributed by atoms with Gasteiger partial charge in [0, 0.05) is 5.75 Å². The molecule has 1 saturated heterocycles. The second-order valence-electron chi connectivity index (χ2n) is 12.2. The fraction of sp³-hybridized carbons (Fsp3) is 0.720. The van der Waals surface area contributed by atoms with E-state index < -0.39 is 16.6 Å². The van der Waals surface area contributed by atoms with Gasteiger partial charge in [-0.25, -0.2) is 4.99 Å². The standard InChI is InChI=1S/C25H43NO4SSi2/c1-24(2,3)32(7,8)27-16-19-20(30-33(9,10)25(4,5)6)21-22(28-19)26-23(29-21)31-17-18-14-12-11-13-15-18/h11-15,19-22H,16-17H2,1-10H3/t19-,20-,21+,22-/m0/s1. The third-order valence-corrected chi connectivity index (χ3v) is 17.5. The van der Waals surface area contributed by atoms with E-state index in [4.69, 9.17) is 23.3 Å². The Hall–Kier alpha value is -0.646. The zero-order valence-electron chi connectivity index (χ0n) is 22.1. The van der Waals surface area contributed by atoms with Gasteiger partial charge in [-0.15, -0.1) is 0 Å². The molecule has 8 heteroatoms. The maximum atomic E-state index is 6.89. The zero-order chi connectivity index (χ0) is 24.7. The number of benzene rings is 1. The molecule has 0 spiro atoms. The molecule has 0 amide bonds. The third kappa shape index (κ3) is 6.33. The molecule has 4 atom stereocenters. The van der Waals surface area contributed by atoms with E-state index in [0.717, 1.165) is 5.75 Å². The quantitative estimate of drug-likeness (QED) is 0.378. The van der Waals surface area contributed by atoms with Crippen molar-refractivity contribution >= 4 is 33.6 Å². The predicted molar refractivity (Wildman–Crippen MR) is 144 cm³/mol. The highest BCUT2D eigenvalue weighted by atomic mass is 32.2. The van der Waals surface area contributed by atoms with E-state index in [2.05, 4.69) is 92.0 Å². The van der Waals surface area contributed by atoms with Crippen molar-refractivity contribution < 1.29 is 18.3 Å². The summed E-state index contributed by atoms with van der Waals surface area (Å²) in [4.78, 5) is 4.78. The van der Waals surface area contributed by atoms with Crippen molar-refractivity contribution in [3.63, 3.8) is 0 Å². The number of fused-ring (bicyclic) bond motifs is 1. The van der Waals surface area contributed by atoms with Crippen LogP contribution < -0.4 is 0 Å². The molecule has 5 nitrogen and oxygen atoms in total. The maximum absolute atomic E-state index is 6.89. The van der Waals surface area contributed by atoms with Crippen LogP contribution in [0.15, 0.2) is 35.3 Å². The second kappa shape index (κ2) is 9.78. The van der Waals surface area contributed by atoms with Crippen LogP contribution in [0.25, 0.3) is 0 Å². The van der Waals surface area contributed by atoms with Crippen LogP contribution in [0, 0.1) is 0 Å². The lowest BCUT2D eigenvalue weighted by Crippen LogP contribution is -2.51. The van der Waals surface area contributed by atoms with Gasteiger partial charge < -0.3 is 18.3 Å². The highest BCUT2D eigenvalue weighted by Crippen LogP contribution is 2.43. The Labute approximate surface area is 207 Å². The van der Waals surface area contributed by atoms with E-state index in [1.165, 1.54) is 5.56 Å². The summed E-state index contributed by atoms with van der Waals surface area (Å²) >= 11 is 1.62. The molecule has 0 aromatic heterocycles. The summed E-state index contributed by atoms with van der Waals surface area (Å²) in [5, 5.41) is 0.939. The maximum Gasteiger partial charge on any atom is 0.249 e. The van der Waals surface area contributed by atoms with Crippen LogP contribution in [0.5, 0.6) is 0 Å². The molecule has 0 unspecified atom stereocenters. The summed E-state index contributed by atoms with van der Waals surface area (Å²) in [6, 6.07) is 10.4. The smallest absolute Gasteiger partial charge is 0.249 e. The van der Waals surface area contributed by atoms with Crippen LogP contribution in [-0.4, -0.2) is 53.0 Å². The van der Waals surface area contributed by atoms with Gasteiger partial charge in [0.05, 0.1) is 6.61 Å². The number of thioether (sulfide) groups is 1. The first-order valence-corrected chi connectivity index (χ1v) is 18.8. The number of hydrogen-bond acceptors (Lipinski definition) is 6. The van der Waals surface area contributed by atoms with Gasteiger partial charge in [0.2, 0.25) is 5.23 Å². The van der Waals surface area contributed by atoms with Gasteiger partial charge in [-0.05, 0) is 41.8 Å². The Bertz CT molecular complexity index is 833. The molecule has 0 bridgehead atoms. The van der Waals surface area contributed by atoms with Gasteiger partial charge in [0.25, 0.3) is 0 Å². The number of nitrogens with zero attached hydrogens (tertiary/aromatic N) is 1. The fourth-order valence-corrected chi connectivity index (χ4v) is 6.45. The van der Waals surface area contributed by atoms with Gasteiger partial charge >= 0.3 is 0 Å². The first kappa shape index (κ1) is 26.9. The normalized spacial score (nSPS) is 26.2. The van der Waals surface area contributed by atoms with Gasteiger partial charge in [-0.1, -0.05) is 83.6 Å². The highest BCUT2D eigenvalue weighted by Gasteiger charge is 2.54. The lowest BCUT2D eigenvalue weighted by molar-refractivity contribution is -0.0134. The zero-order valence-corrected chi connectivity index (χ0v) is 24.9. The minimum absolute atomic E-state index is 0.0975. The van der Waals surface area contributed by atoms with Crippen molar-refractivity contribution in [1.82, 2.24) is 0 Å².